The molecule has 2 atom stereocenters. The minimum Gasteiger partial charge on any atom is -0.507 e. The van der Waals surface area contributed by atoms with Crippen LogP contribution in [0.1, 0.15) is 36.8 Å². The lowest BCUT2D eigenvalue weighted by atomic mass is 9.83. The van der Waals surface area contributed by atoms with Gasteiger partial charge >= 0.3 is 0 Å². The van der Waals surface area contributed by atoms with Crippen molar-refractivity contribution in [2.45, 2.75) is 38.7 Å². The summed E-state index contributed by atoms with van der Waals surface area (Å²) in [6.07, 6.45) is 2.40. The Morgan fingerprint density at radius 1 is 1.22 bits per heavy atom. The number of aryl methyl sites for hydroxylation is 1. The molecule has 0 aromatic heterocycles. The van der Waals surface area contributed by atoms with Crippen LogP contribution in [0.25, 0.3) is 0 Å². The lowest BCUT2D eigenvalue weighted by molar-refractivity contribution is 0.187. The van der Waals surface area contributed by atoms with Crippen molar-refractivity contribution >= 4 is 0 Å². The fourth-order valence-electron chi connectivity index (χ4n) is 2.44. The van der Waals surface area contributed by atoms with Crippen LogP contribution in [0.4, 0.5) is 4.39 Å². The zero-order chi connectivity index (χ0) is 13.4. The quantitative estimate of drug-likeness (QED) is 0.673. The van der Waals surface area contributed by atoms with E-state index in [2.05, 4.69) is 0 Å². The van der Waals surface area contributed by atoms with Gasteiger partial charge in [0.2, 0.25) is 0 Å². The Bertz CT molecular complexity index is 508. The largest absolute Gasteiger partial charge is 0.507 e. The molecule has 0 saturated heterocycles. The molecule has 1 aliphatic carbocycles. The van der Waals surface area contributed by atoms with Crippen LogP contribution in [0.2, 0.25) is 0 Å². The van der Waals surface area contributed by atoms with Crippen LogP contribution in [0.3, 0.4) is 0 Å². The van der Waals surface area contributed by atoms with Gasteiger partial charge in [-0.1, -0.05) is 6.08 Å². The molecule has 0 radical (unpaired) electrons. The third-order valence-corrected chi connectivity index (χ3v) is 3.55. The molecule has 0 heterocycles. The molecule has 3 N–H and O–H groups in total. The smallest absolute Gasteiger partial charge is 0.168 e. The standard InChI is InChI=1S/C14H17FO3/c1-7-5-9(3-4-10(7)16)12-11(17)6-8(2)13(15)14(12)18/h5-6,9-10,16-18H,3-4H2,1-2H3. The molecule has 0 fully saturated rings. The van der Waals surface area contributed by atoms with Gasteiger partial charge in [0.25, 0.3) is 0 Å². The molecule has 2 rings (SSSR count). The third-order valence-electron chi connectivity index (χ3n) is 3.55. The van der Waals surface area contributed by atoms with E-state index >= 15 is 0 Å². The predicted molar refractivity (Wildman–Crippen MR) is 66.2 cm³/mol. The van der Waals surface area contributed by atoms with Gasteiger partial charge in [-0.3, -0.25) is 0 Å². The molecule has 1 aromatic rings. The topological polar surface area (TPSA) is 60.7 Å². The first-order valence-corrected chi connectivity index (χ1v) is 5.99. The molecule has 98 valence electrons. The second kappa shape index (κ2) is 4.61. The lowest BCUT2D eigenvalue weighted by Gasteiger charge is -2.25. The van der Waals surface area contributed by atoms with E-state index in [0.29, 0.717) is 12.8 Å². The number of halogens is 1. The Balaban J connectivity index is 2.50. The molecule has 3 nitrogen and oxygen atoms in total. The van der Waals surface area contributed by atoms with E-state index in [9.17, 15) is 19.7 Å². The van der Waals surface area contributed by atoms with Crippen LogP contribution in [0.5, 0.6) is 11.5 Å². The first-order chi connectivity index (χ1) is 8.41. The molecule has 1 aliphatic rings. The highest BCUT2D eigenvalue weighted by Gasteiger charge is 2.26. The number of phenolic OH excluding ortho intramolecular Hbond substituents is 2. The van der Waals surface area contributed by atoms with Gasteiger partial charge in [0.05, 0.1) is 6.10 Å². The average molecular weight is 252 g/mol. The van der Waals surface area contributed by atoms with Gasteiger partial charge in [-0.2, -0.15) is 0 Å². The van der Waals surface area contributed by atoms with Crippen LogP contribution >= 0.6 is 0 Å². The minimum atomic E-state index is -0.694. The molecule has 2 unspecified atom stereocenters. The van der Waals surface area contributed by atoms with Crippen molar-refractivity contribution in [2.24, 2.45) is 0 Å². The van der Waals surface area contributed by atoms with Crippen LogP contribution < -0.4 is 0 Å². The number of rotatable bonds is 1. The fourth-order valence-corrected chi connectivity index (χ4v) is 2.44. The van der Waals surface area contributed by atoms with Crippen molar-refractivity contribution in [3.8, 4) is 11.5 Å². The van der Waals surface area contributed by atoms with Crippen molar-refractivity contribution in [1.29, 1.82) is 0 Å². The normalized spacial score (nSPS) is 23.9. The monoisotopic (exact) mass is 252 g/mol. The summed E-state index contributed by atoms with van der Waals surface area (Å²) in [5.41, 5.74) is 1.21. The fraction of sp³-hybridized carbons (Fsp3) is 0.429. The van der Waals surface area contributed by atoms with E-state index in [1.807, 2.05) is 0 Å². The molecule has 18 heavy (non-hydrogen) atoms. The average Bonchev–Trinajstić information content (AvgIpc) is 2.31. The molecule has 0 amide bonds. The Labute approximate surface area is 105 Å². The number of allylic oxidation sites excluding steroid dienone is 1. The van der Waals surface area contributed by atoms with Crippen LogP contribution in [-0.2, 0) is 0 Å². The SMILES string of the molecule is CC1=CC(c2c(O)cc(C)c(F)c2O)CCC1O. The molecular formula is C14H17FO3. The third kappa shape index (κ3) is 2.08. The molecular weight excluding hydrogens is 235 g/mol. The predicted octanol–water partition coefficient (Wildman–Crippen LogP) is 2.73. The van der Waals surface area contributed by atoms with Crippen molar-refractivity contribution in [3.63, 3.8) is 0 Å². The summed E-state index contributed by atoms with van der Waals surface area (Å²) in [4.78, 5) is 0. The summed E-state index contributed by atoms with van der Waals surface area (Å²) in [7, 11) is 0. The Kier molecular flexibility index (Phi) is 3.30. The van der Waals surface area contributed by atoms with Gasteiger partial charge in [-0.15, -0.1) is 0 Å². The molecule has 0 bridgehead atoms. The highest BCUT2D eigenvalue weighted by molar-refractivity contribution is 5.51. The first-order valence-electron chi connectivity index (χ1n) is 5.99. The Morgan fingerprint density at radius 2 is 1.89 bits per heavy atom. The van der Waals surface area contributed by atoms with Gasteiger partial charge in [-0.25, -0.2) is 4.39 Å². The number of aliphatic hydroxyl groups is 1. The lowest BCUT2D eigenvalue weighted by Crippen LogP contribution is -2.16. The van der Waals surface area contributed by atoms with Gasteiger partial charge in [0, 0.05) is 11.5 Å². The number of hydrogen-bond donors (Lipinski definition) is 3. The van der Waals surface area contributed by atoms with Gasteiger partial charge in [0.15, 0.2) is 11.6 Å². The van der Waals surface area contributed by atoms with Crippen LogP contribution in [-0.4, -0.2) is 21.4 Å². The first kappa shape index (κ1) is 12.9. The van der Waals surface area contributed by atoms with Crippen molar-refractivity contribution < 1.29 is 19.7 Å². The zero-order valence-corrected chi connectivity index (χ0v) is 10.4. The maximum absolute atomic E-state index is 13.7. The van der Waals surface area contributed by atoms with Crippen molar-refractivity contribution in [1.82, 2.24) is 0 Å². The van der Waals surface area contributed by atoms with Crippen LogP contribution in [0.15, 0.2) is 17.7 Å². The Hall–Kier alpha value is -1.55. The second-order valence-corrected chi connectivity index (χ2v) is 4.90. The molecule has 0 spiro atoms. The van der Waals surface area contributed by atoms with E-state index in [1.54, 1.807) is 13.0 Å². The minimum absolute atomic E-state index is 0.100. The molecule has 1 aromatic carbocycles. The van der Waals surface area contributed by atoms with E-state index in [0.717, 1.165) is 5.57 Å². The molecule has 4 heteroatoms. The maximum Gasteiger partial charge on any atom is 0.168 e. The summed E-state index contributed by atoms with van der Waals surface area (Å²) in [6, 6.07) is 1.32. The van der Waals surface area contributed by atoms with Gasteiger partial charge in [0.1, 0.15) is 5.75 Å². The number of benzene rings is 1. The number of aliphatic hydroxyl groups excluding tert-OH is 1. The summed E-state index contributed by atoms with van der Waals surface area (Å²) in [5, 5.41) is 29.3. The maximum atomic E-state index is 13.7. The zero-order valence-electron chi connectivity index (χ0n) is 10.4. The van der Waals surface area contributed by atoms with E-state index in [4.69, 9.17) is 0 Å². The van der Waals surface area contributed by atoms with E-state index in [1.165, 1.54) is 13.0 Å². The molecule has 0 aliphatic heterocycles. The Morgan fingerprint density at radius 3 is 2.50 bits per heavy atom. The van der Waals surface area contributed by atoms with Crippen LogP contribution in [0, 0.1) is 12.7 Å². The van der Waals surface area contributed by atoms with Gasteiger partial charge < -0.3 is 15.3 Å². The summed E-state index contributed by atoms with van der Waals surface area (Å²) < 4.78 is 13.7. The number of aromatic hydroxyl groups is 2. The highest BCUT2D eigenvalue weighted by Crippen LogP contribution is 2.42. The van der Waals surface area contributed by atoms with E-state index < -0.39 is 17.7 Å². The van der Waals surface area contributed by atoms with Crippen molar-refractivity contribution in [2.75, 3.05) is 0 Å². The summed E-state index contributed by atoms with van der Waals surface area (Å²) in [5.74, 6) is -1.54. The second-order valence-electron chi connectivity index (χ2n) is 4.90. The number of phenols is 2. The summed E-state index contributed by atoms with van der Waals surface area (Å²) in [6.45, 7) is 3.28. The highest BCUT2D eigenvalue weighted by atomic mass is 19.1. The summed E-state index contributed by atoms with van der Waals surface area (Å²) >= 11 is 0. The number of hydrogen-bond acceptors (Lipinski definition) is 3. The van der Waals surface area contributed by atoms with E-state index in [-0.39, 0.29) is 22.8 Å². The van der Waals surface area contributed by atoms with Gasteiger partial charge in [-0.05, 0) is 43.9 Å². The molecule has 0 saturated carbocycles. The van der Waals surface area contributed by atoms with Crippen molar-refractivity contribution in [3.05, 3.63) is 34.7 Å².